The van der Waals surface area contributed by atoms with Gasteiger partial charge < -0.3 is 14.7 Å². The standard InChI is InChI=1S/C12H12ClNO4/c13-10-3-2-8(6-9(10)12(16)17)18-7-11(15)14-4-1-5-14/h2-3,6H,1,4-5,7H2,(H,16,17). The maximum absolute atomic E-state index is 11.5. The third-order valence-corrected chi connectivity index (χ3v) is 3.07. The lowest BCUT2D eigenvalue weighted by Crippen LogP contribution is -2.44. The molecule has 0 saturated carbocycles. The number of carboxylic acid groups (broad SMARTS) is 1. The molecule has 1 saturated heterocycles. The molecule has 0 bridgehead atoms. The van der Waals surface area contributed by atoms with Gasteiger partial charge >= 0.3 is 5.97 Å². The average Bonchev–Trinajstić information content (AvgIpc) is 2.25. The van der Waals surface area contributed by atoms with Gasteiger partial charge in [-0.15, -0.1) is 0 Å². The molecular weight excluding hydrogens is 258 g/mol. The summed E-state index contributed by atoms with van der Waals surface area (Å²) in [6, 6.07) is 4.29. The Bertz CT molecular complexity index is 485. The number of hydrogen-bond acceptors (Lipinski definition) is 3. The van der Waals surface area contributed by atoms with Crippen LogP contribution >= 0.6 is 11.6 Å². The Hall–Kier alpha value is -1.75. The molecule has 1 amide bonds. The molecule has 0 atom stereocenters. The SMILES string of the molecule is O=C(O)c1cc(OCC(=O)N2CCC2)ccc1Cl. The van der Waals surface area contributed by atoms with Gasteiger partial charge in [0.25, 0.3) is 5.91 Å². The highest BCUT2D eigenvalue weighted by atomic mass is 35.5. The van der Waals surface area contributed by atoms with E-state index in [4.69, 9.17) is 21.4 Å². The van der Waals surface area contributed by atoms with Crippen molar-refractivity contribution in [3.8, 4) is 5.75 Å². The quantitative estimate of drug-likeness (QED) is 0.902. The molecular formula is C12H12ClNO4. The first-order valence-electron chi connectivity index (χ1n) is 5.51. The van der Waals surface area contributed by atoms with Gasteiger partial charge in [-0.1, -0.05) is 11.6 Å². The lowest BCUT2D eigenvalue weighted by atomic mass is 10.2. The minimum Gasteiger partial charge on any atom is -0.484 e. The van der Waals surface area contributed by atoms with Crippen molar-refractivity contribution in [2.75, 3.05) is 19.7 Å². The predicted octanol–water partition coefficient (Wildman–Crippen LogP) is 1.65. The Kier molecular flexibility index (Phi) is 3.72. The molecule has 0 radical (unpaired) electrons. The summed E-state index contributed by atoms with van der Waals surface area (Å²) in [4.78, 5) is 24.1. The van der Waals surface area contributed by atoms with E-state index in [2.05, 4.69) is 0 Å². The van der Waals surface area contributed by atoms with Crippen LogP contribution in [0.3, 0.4) is 0 Å². The third kappa shape index (κ3) is 2.73. The van der Waals surface area contributed by atoms with Crippen LogP contribution in [-0.4, -0.2) is 41.6 Å². The van der Waals surface area contributed by atoms with Crippen molar-refractivity contribution < 1.29 is 19.4 Å². The summed E-state index contributed by atoms with van der Waals surface area (Å²) in [6.07, 6.45) is 1.02. The monoisotopic (exact) mass is 269 g/mol. The summed E-state index contributed by atoms with van der Waals surface area (Å²) in [7, 11) is 0. The zero-order chi connectivity index (χ0) is 13.1. The van der Waals surface area contributed by atoms with Crippen molar-refractivity contribution >= 4 is 23.5 Å². The minimum atomic E-state index is -1.13. The number of benzene rings is 1. The van der Waals surface area contributed by atoms with Crippen LogP contribution in [-0.2, 0) is 4.79 Å². The highest BCUT2D eigenvalue weighted by Gasteiger charge is 2.20. The number of rotatable bonds is 4. The molecule has 2 rings (SSSR count). The number of halogens is 1. The van der Waals surface area contributed by atoms with Gasteiger partial charge in [-0.25, -0.2) is 4.79 Å². The summed E-state index contributed by atoms with van der Waals surface area (Å²) < 4.78 is 5.26. The van der Waals surface area contributed by atoms with Crippen molar-refractivity contribution in [2.45, 2.75) is 6.42 Å². The van der Waals surface area contributed by atoms with Crippen molar-refractivity contribution in [1.29, 1.82) is 0 Å². The van der Waals surface area contributed by atoms with Crippen LogP contribution in [0.1, 0.15) is 16.8 Å². The second kappa shape index (κ2) is 5.27. The van der Waals surface area contributed by atoms with Gasteiger partial charge in [-0.2, -0.15) is 0 Å². The topological polar surface area (TPSA) is 66.8 Å². The Labute approximate surface area is 109 Å². The number of aromatic carboxylic acids is 1. The van der Waals surface area contributed by atoms with Crippen LogP contribution in [0.25, 0.3) is 0 Å². The highest BCUT2D eigenvalue weighted by Crippen LogP contribution is 2.22. The number of carboxylic acids is 1. The van der Waals surface area contributed by atoms with Crippen LogP contribution in [0.5, 0.6) is 5.75 Å². The highest BCUT2D eigenvalue weighted by molar-refractivity contribution is 6.33. The number of amides is 1. The fraction of sp³-hybridized carbons (Fsp3) is 0.333. The van der Waals surface area contributed by atoms with Gasteiger partial charge in [0.1, 0.15) is 5.75 Å². The minimum absolute atomic E-state index is 0.0365. The van der Waals surface area contributed by atoms with Crippen molar-refractivity contribution in [2.24, 2.45) is 0 Å². The van der Waals surface area contributed by atoms with E-state index in [0.717, 1.165) is 19.5 Å². The van der Waals surface area contributed by atoms with Gasteiger partial charge in [-0.05, 0) is 24.6 Å². The first kappa shape index (κ1) is 12.7. The van der Waals surface area contributed by atoms with Crippen molar-refractivity contribution in [1.82, 2.24) is 4.90 Å². The molecule has 1 aliphatic heterocycles. The molecule has 1 heterocycles. The van der Waals surface area contributed by atoms with Gasteiger partial charge in [0.05, 0.1) is 10.6 Å². The lowest BCUT2D eigenvalue weighted by molar-refractivity contribution is -0.136. The first-order chi connectivity index (χ1) is 8.58. The van der Waals surface area contributed by atoms with E-state index in [9.17, 15) is 9.59 Å². The van der Waals surface area contributed by atoms with Crippen LogP contribution in [0.15, 0.2) is 18.2 Å². The number of carbonyl (C=O) groups is 2. The molecule has 1 fully saturated rings. The van der Waals surface area contributed by atoms with E-state index in [1.54, 1.807) is 4.90 Å². The molecule has 1 aliphatic rings. The molecule has 6 heteroatoms. The Morgan fingerprint density at radius 1 is 1.39 bits per heavy atom. The van der Waals surface area contributed by atoms with E-state index in [-0.39, 0.29) is 23.1 Å². The molecule has 0 aliphatic carbocycles. The number of nitrogens with zero attached hydrogens (tertiary/aromatic N) is 1. The molecule has 0 spiro atoms. The van der Waals surface area contributed by atoms with Gasteiger partial charge in [0.15, 0.2) is 6.61 Å². The molecule has 1 aromatic rings. The summed E-state index contributed by atoms with van der Waals surface area (Å²) in [5.74, 6) is -0.890. The second-order valence-electron chi connectivity index (χ2n) is 3.97. The second-order valence-corrected chi connectivity index (χ2v) is 4.38. The summed E-state index contributed by atoms with van der Waals surface area (Å²) in [5, 5.41) is 9.03. The number of hydrogen-bond donors (Lipinski definition) is 1. The van der Waals surface area contributed by atoms with Crippen LogP contribution in [0, 0.1) is 0 Å². The van der Waals surface area contributed by atoms with E-state index < -0.39 is 5.97 Å². The largest absolute Gasteiger partial charge is 0.484 e. The van der Waals surface area contributed by atoms with Crippen molar-refractivity contribution in [3.05, 3.63) is 28.8 Å². The Morgan fingerprint density at radius 2 is 2.11 bits per heavy atom. The molecule has 5 nitrogen and oxygen atoms in total. The molecule has 18 heavy (non-hydrogen) atoms. The average molecular weight is 270 g/mol. The van der Waals surface area contributed by atoms with Crippen LogP contribution in [0.2, 0.25) is 5.02 Å². The Balaban J connectivity index is 1.98. The first-order valence-corrected chi connectivity index (χ1v) is 5.89. The van der Waals surface area contributed by atoms with Crippen molar-refractivity contribution in [3.63, 3.8) is 0 Å². The van der Waals surface area contributed by atoms with E-state index >= 15 is 0 Å². The number of ether oxygens (including phenoxy) is 1. The summed E-state index contributed by atoms with van der Waals surface area (Å²) >= 11 is 5.72. The van der Waals surface area contributed by atoms with Gasteiger partial charge in [0.2, 0.25) is 0 Å². The van der Waals surface area contributed by atoms with Gasteiger partial charge in [0, 0.05) is 13.1 Å². The summed E-state index contributed by atoms with van der Waals surface area (Å²) in [6.45, 7) is 1.45. The van der Waals surface area contributed by atoms with E-state index in [1.165, 1.54) is 18.2 Å². The number of likely N-dealkylation sites (tertiary alicyclic amines) is 1. The van der Waals surface area contributed by atoms with Crippen LogP contribution in [0.4, 0.5) is 0 Å². The Morgan fingerprint density at radius 3 is 2.67 bits per heavy atom. The maximum Gasteiger partial charge on any atom is 0.337 e. The normalized spacial score (nSPS) is 13.9. The molecule has 1 aromatic carbocycles. The van der Waals surface area contributed by atoms with E-state index in [0.29, 0.717) is 5.75 Å². The van der Waals surface area contributed by atoms with Crippen LogP contribution < -0.4 is 4.74 Å². The smallest absolute Gasteiger partial charge is 0.337 e. The zero-order valence-electron chi connectivity index (χ0n) is 9.56. The zero-order valence-corrected chi connectivity index (χ0v) is 10.3. The number of carbonyl (C=O) groups excluding carboxylic acids is 1. The fourth-order valence-corrected chi connectivity index (χ4v) is 1.76. The van der Waals surface area contributed by atoms with E-state index in [1.807, 2.05) is 0 Å². The summed E-state index contributed by atoms with van der Waals surface area (Å²) in [5.41, 5.74) is -0.0365. The molecule has 96 valence electrons. The lowest BCUT2D eigenvalue weighted by Gasteiger charge is -2.30. The fourth-order valence-electron chi connectivity index (χ4n) is 1.56. The maximum atomic E-state index is 11.5. The van der Waals surface area contributed by atoms with Gasteiger partial charge in [-0.3, -0.25) is 4.79 Å². The molecule has 0 unspecified atom stereocenters. The predicted molar refractivity (Wildman–Crippen MR) is 65.1 cm³/mol. The molecule has 1 N–H and O–H groups in total. The third-order valence-electron chi connectivity index (χ3n) is 2.74. The molecule has 0 aromatic heterocycles.